The molecule has 3 atom stereocenters. The predicted octanol–water partition coefficient (Wildman–Crippen LogP) is 1.25. The van der Waals surface area contributed by atoms with Gasteiger partial charge in [0.05, 0.1) is 12.0 Å². The Morgan fingerprint density at radius 1 is 1.06 bits per heavy atom. The van der Waals surface area contributed by atoms with Crippen LogP contribution >= 0.6 is 0 Å². The van der Waals surface area contributed by atoms with Gasteiger partial charge in [-0.3, -0.25) is 29.2 Å². The number of rotatable bonds is 17. The largest absolute Gasteiger partial charge is 0.370 e. The Morgan fingerprint density at radius 3 is 2.31 bits per heavy atom. The Morgan fingerprint density at radius 2 is 1.77 bits per heavy atom. The zero-order valence-electron chi connectivity index (χ0n) is 21.0. The third-order valence-electron chi connectivity index (χ3n) is 5.68. The Kier molecular flexibility index (Phi) is 13.2. The third kappa shape index (κ3) is 12.1. The maximum Gasteiger partial charge on any atom is 0.224 e. The molecular formula is C25H40N6O4. The van der Waals surface area contributed by atoms with Gasteiger partial charge in [-0.05, 0) is 37.3 Å². The molecule has 0 aliphatic heterocycles. The van der Waals surface area contributed by atoms with Crippen LogP contribution in [0.1, 0.15) is 65.0 Å². The molecule has 1 aromatic rings. The van der Waals surface area contributed by atoms with E-state index in [9.17, 15) is 19.2 Å². The van der Waals surface area contributed by atoms with E-state index in [2.05, 4.69) is 15.3 Å². The van der Waals surface area contributed by atoms with Crippen molar-refractivity contribution in [3.8, 4) is 0 Å². The van der Waals surface area contributed by atoms with Crippen LogP contribution in [0, 0.1) is 17.8 Å². The van der Waals surface area contributed by atoms with Crippen LogP contribution in [0.4, 0.5) is 0 Å². The van der Waals surface area contributed by atoms with Crippen molar-refractivity contribution >= 4 is 29.3 Å². The van der Waals surface area contributed by atoms with E-state index in [4.69, 9.17) is 17.2 Å². The summed E-state index contributed by atoms with van der Waals surface area (Å²) in [5.74, 6) is -2.46. The first-order chi connectivity index (χ1) is 16.5. The molecule has 1 aromatic heterocycles. The first kappa shape index (κ1) is 29.7. The highest BCUT2D eigenvalue weighted by atomic mass is 16.2. The van der Waals surface area contributed by atoms with Gasteiger partial charge in [0.1, 0.15) is 5.78 Å². The molecule has 35 heavy (non-hydrogen) atoms. The number of hydrogen-bond donors (Lipinski definition) is 4. The van der Waals surface area contributed by atoms with Gasteiger partial charge in [0.2, 0.25) is 11.8 Å². The number of hydrogen-bond acceptors (Lipinski definition) is 6. The molecule has 0 bridgehead atoms. The number of carbonyl (C=O) groups is 4. The molecule has 0 fully saturated rings. The second-order valence-corrected chi connectivity index (χ2v) is 9.23. The van der Waals surface area contributed by atoms with E-state index in [1.165, 1.54) is 0 Å². The number of pyridine rings is 1. The van der Waals surface area contributed by atoms with Crippen LogP contribution in [-0.4, -0.2) is 46.9 Å². The number of nitrogens with two attached hydrogens (primary N) is 3. The van der Waals surface area contributed by atoms with Crippen molar-refractivity contribution < 1.29 is 19.2 Å². The quantitative estimate of drug-likeness (QED) is 0.144. The highest BCUT2D eigenvalue weighted by Crippen LogP contribution is 2.19. The van der Waals surface area contributed by atoms with Crippen molar-refractivity contribution in [1.29, 1.82) is 0 Å². The molecule has 0 saturated carbocycles. The zero-order valence-corrected chi connectivity index (χ0v) is 21.0. The summed E-state index contributed by atoms with van der Waals surface area (Å²) in [4.78, 5) is 58.7. The monoisotopic (exact) mass is 488 g/mol. The van der Waals surface area contributed by atoms with Gasteiger partial charge in [0, 0.05) is 50.0 Å². The Labute approximate surface area is 207 Å². The fraction of sp³-hybridized carbons (Fsp3) is 0.600. The molecule has 7 N–H and O–H groups in total. The van der Waals surface area contributed by atoms with Crippen LogP contribution in [0.25, 0.3) is 0 Å². The molecule has 1 heterocycles. The number of guanidine groups is 1. The summed E-state index contributed by atoms with van der Waals surface area (Å²) < 4.78 is 0. The number of carbonyl (C=O) groups excluding carboxylic acids is 4. The lowest BCUT2D eigenvalue weighted by atomic mass is 9.88. The molecule has 0 unspecified atom stereocenters. The maximum atomic E-state index is 13.2. The maximum absolute atomic E-state index is 13.2. The van der Waals surface area contributed by atoms with Crippen molar-refractivity contribution in [2.24, 2.45) is 39.9 Å². The Hall–Kier alpha value is -3.30. The number of Topliss-reactive ketones (excluding diaryl/α,β-unsaturated/α-hetero) is 2. The van der Waals surface area contributed by atoms with Crippen molar-refractivity contribution in [3.05, 3.63) is 30.1 Å². The average molecular weight is 489 g/mol. The molecule has 0 aliphatic carbocycles. The highest BCUT2D eigenvalue weighted by Gasteiger charge is 2.30. The summed E-state index contributed by atoms with van der Waals surface area (Å²) in [6, 6.07) is 4.52. The van der Waals surface area contributed by atoms with Crippen LogP contribution in [-0.2, 0) is 25.6 Å². The molecular weight excluding hydrogens is 448 g/mol. The molecule has 0 aliphatic rings. The van der Waals surface area contributed by atoms with Gasteiger partial charge in [-0.2, -0.15) is 0 Å². The lowest BCUT2D eigenvalue weighted by molar-refractivity contribution is -0.133. The Bertz CT molecular complexity index is 868. The van der Waals surface area contributed by atoms with Gasteiger partial charge in [-0.1, -0.05) is 26.8 Å². The average Bonchev–Trinajstić information content (AvgIpc) is 2.79. The van der Waals surface area contributed by atoms with E-state index >= 15 is 0 Å². The SMILES string of the molecule is CCC(=O)C[C@@H](Cc1ccccn1)C(=O)N[C@@H](CCCN=C(N)N)C(=O)C[C@@H](CC(C)C)C(N)=O. The fourth-order valence-corrected chi connectivity index (χ4v) is 3.81. The number of primary amides is 1. The molecule has 1 rings (SSSR count). The zero-order chi connectivity index (χ0) is 26.4. The molecule has 0 spiro atoms. The minimum Gasteiger partial charge on any atom is -0.370 e. The lowest BCUT2D eigenvalue weighted by Gasteiger charge is -2.23. The summed E-state index contributed by atoms with van der Waals surface area (Å²) in [6.45, 7) is 5.93. The van der Waals surface area contributed by atoms with E-state index in [0.717, 1.165) is 0 Å². The van der Waals surface area contributed by atoms with Crippen molar-refractivity contribution in [1.82, 2.24) is 10.3 Å². The third-order valence-corrected chi connectivity index (χ3v) is 5.68. The number of aromatic nitrogens is 1. The topological polar surface area (TPSA) is 184 Å². The van der Waals surface area contributed by atoms with Gasteiger partial charge in [-0.15, -0.1) is 0 Å². The van der Waals surface area contributed by atoms with E-state index in [-0.39, 0.29) is 49.1 Å². The standard InChI is InChI=1S/C25H40N6O4/c1-4-20(32)14-18(13-19-8-5-6-10-29-19)24(35)31-21(9-7-11-30-25(27)28)22(33)15-17(23(26)34)12-16(2)3/h5-6,8,10,16-18,21H,4,7,9,11-15H2,1-3H3,(H2,26,34)(H,31,35)(H4,27,28,30)/t17-,18-,21+/m1/s1. The summed E-state index contributed by atoms with van der Waals surface area (Å²) in [5.41, 5.74) is 16.9. The molecule has 0 saturated heterocycles. The number of nitrogens with one attached hydrogen (secondary N) is 1. The number of ketones is 2. The van der Waals surface area contributed by atoms with Crippen molar-refractivity contribution in [2.75, 3.05) is 6.54 Å². The number of aliphatic imine (C=N–C) groups is 1. The van der Waals surface area contributed by atoms with Crippen LogP contribution in [0.5, 0.6) is 0 Å². The Balaban J connectivity index is 3.05. The summed E-state index contributed by atoms with van der Waals surface area (Å²) in [7, 11) is 0. The van der Waals surface area contributed by atoms with E-state index in [1.54, 1.807) is 25.3 Å². The minimum absolute atomic E-state index is 0.0467. The molecule has 0 aromatic carbocycles. The summed E-state index contributed by atoms with van der Waals surface area (Å²) >= 11 is 0. The van der Waals surface area contributed by atoms with Gasteiger partial charge in [0.15, 0.2) is 11.7 Å². The first-order valence-electron chi connectivity index (χ1n) is 12.1. The van der Waals surface area contributed by atoms with Crippen LogP contribution in [0.2, 0.25) is 0 Å². The smallest absolute Gasteiger partial charge is 0.224 e. The normalized spacial score (nSPS) is 13.5. The lowest BCUT2D eigenvalue weighted by Crippen LogP contribution is -2.45. The van der Waals surface area contributed by atoms with Crippen molar-refractivity contribution in [3.63, 3.8) is 0 Å². The molecule has 10 heteroatoms. The number of amides is 2. The second-order valence-electron chi connectivity index (χ2n) is 9.23. The minimum atomic E-state index is -0.853. The molecule has 194 valence electrons. The molecule has 0 radical (unpaired) electrons. The van der Waals surface area contributed by atoms with Crippen LogP contribution in [0.3, 0.4) is 0 Å². The molecule has 10 nitrogen and oxygen atoms in total. The summed E-state index contributed by atoms with van der Waals surface area (Å²) in [5, 5.41) is 2.82. The van der Waals surface area contributed by atoms with Gasteiger partial charge in [0.25, 0.3) is 0 Å². The van der Waals surface area contributed by atoms with Crippen LogP contribution < -0.4 is 22.5 Å². The van der Waals surface area contributed by atoms with Crippen LogP contribution in [0.15, 0.2) is 29.4 Å². The predicted molar refractivity (Wildman–Crippen MR) is 135 cm³/mol. The number of nitrogens with zero attached hydrogens (tertiary/aromatic N) is 2. The second kappa shape index (κ2) is 15.6. The fourth-order valence-electron chi connectivity index (χ4n) is 3.81. The highest BCUT2D eigenvalue weighted by molar-refractivity contribution is 5.93. The summed E-state index contributed by atoms with van der Waals surface area (Å²) in [6.07, 6.45) is 3.38. The van der Waals surface area contributed by atoms with Gasteiger partial charge in [-0.25, -0.2) is 0 Å². The van der Waals surface area contributed by atoms with E-state index < -0.39 is 29.7 Å². The van der Waals surface area contributed by atoms with Crippen molar-refractivity contribution in [2.45, 2.75) is 71.8 Å². The van der Waals surface area contributed by atoms with E-state index in [0.29, 0.717) is 31.5 Å². The van der Waals surface area contributed by atoms with Gasteiger partial charge < -0.3 is 22.5 Å². The molecule has 2 amide bonds. The van der Waals surface area contributed by atoms with Gasteiger partial charge >= 0.3 is 0 Å². The first-order valence-corrected chi connectivity index (χ1v) is 12.1. The van der Waals surface area contributed by atoms with E-state index in [1.807, 2.05) is 19.9 Å².